The molecule has 0 aliphatic rings. The SMILES string of the molecule is CSCCNC(=NCC(=O)N(C)C)NCC(C)Oc1ccc(Cl)cc1. The monoisotopic (exact) mass is 386 g/mol. The van der Waals surface area contributed by atoms with Gasteiger partial charge >= 0.3 is 0 Å². The molecule has 1 rings (SSSR count). The van der Waals surface area contributed by atoms with Gasteiger partial charge in [-0.25, -0.2) is 4.99 Å². The van der Waals surface area contributed by atoms with Crippen molar-refractivity contribution in [2.24, 2.45) is 4.99 Å². The van der Waals surface area contributed by atoms with Crippen molar-refractivity contribution in [3.05, 3.63) is 29.3 Å². The van der Waals surface area contributed by atoms with Crippen LogP contribution in [-0.2, 0) is 4.79 Å². The minimum Gasteiger partial charge on any atom is -0.489 e. The van der Waals surface area contributed by atoms with Crippen LogP contribution >= 0.6 is 23.4 Å². The number of carbonyl (C=O) groups is 1. The highest BCUT2D eigenvalue weighted by Gasteiger charge is 2.08. The Balaban J connectivity index is 2.52. The first kappa shape index (κ1) is 21.4. The van der Waals surface area contributed by atoms with E-state index in [1.807, 2.05) is 25.3 Å². The van der Waals surface area contributed by atoms with Crippen molar-refractivity contribution < 1.29 is 9.53 Å². The number of guanidine groups is 1. The molecule has 1 atom stereocenters. The van der Waals surface area contributed by atoms with Crippen molar-refractivity contribution in [3.63, 3.8) is 0 Å². The van der Waals surface area contributed by atoms with Gasteiger partial charge in [0.05, 0.1) is 6.54 Å². The van der Waals surface area contributed by atoms with Crippen LogP contribution in [0.5, 0.6) is 5.75 Å². The average molecular weight is 387 g/mol. The van der Waals surface area contributed by atoms with E-state index in [0.717, 1.165) is 18.0 Å². The van der Waals surface area contributed by atoms with Crippen LogP contribution in [0.15, 0.2) is 29.3 Å². The van der Waals surface area contributed by atoms with Crippen LogP contribution < -0.4 is 15.4 Å². The predicted octanol–water partition coefficient (Wildman–Crippen LogP) is 2.09. The summed E-state index contributed by atoms with van der Waals surface area (Å²) in [6.45, 7) is 3.40. The van der Waals surface area contributed by atoms with E-state index in [1.54, 1.807) is 38.0 Å². The number of likely N-dealkylation sites (N-methyl/N-ethyl adjacent to an activating group) is 1. The number of aliphatic imine (C=N–C) groups is 1. The molecule has 25 heavy (non-hydrogen) atoms. The number of hydrogen-bond donors (Lipinski definition) is 2. The molecular formula is C17H27ClN4O2S. The third-order valence-corrected chi connectivity index (χ3v) is 4.04. The second-order valence-electron chi connectivity index (χ2n) is 5.64. The molecule has 0 saturated heterocycles. The van der Waals surface area contributed by atoms with Crippen LogP contribution in [0, 0.1) is 0 Å². The van der Waals surface area contributed by atoms with E-state index in [9.17, 15) is 4.79 Å². The number of nitrogens with zero attached hydrogens (tertiary/aromatic N) is 2. The molecule has 1 amide bonds. The van der Waals surface area contributed by atoms with Gasteiger partial charge < -0.3 is 20.3 Å². The van der Waals surface area contributed by atoms with Crippen molar-refractivity contribution in [1.29, 1.82) is 0 Å². The van der Waals surface area contributed by atoms with Gasteiger partial charge in [0.15, 0.2) is 5.96 Å². The Labute approximate surface area is 159 Å². The average Bonchev–Trinajstić information content (AvgIpc) is 2.58. The molecule has 8 heteroatoms. The molecule has 0 bridgehead atoms. The molecule has 2 N–H and O–H groups in total. The summed E-state index contributed by atoms with van der Waals surface area (Å²) in [5.74, 6) is 2.28. The van der Waals surface area contributed by atoms with Crippen molar-refractivity contribution in [3.8, 4) is 5.75 Å². The van der Waals surface area contributed by atoms with Crippen LogP contribution in [0.1, 0.15) is 6.92 Å². The highest BCUT2D eigenvalue weighted by Crippen LogP contribution is 2.16. The van der Waals surface area contributed by atoms with Gasteiger partial charge in [0.2, 0.25) is 5.91 Å². The third kappa shape index (κ3) is 9.45. The number of hydrogen-bond acceptors (Lipinski definition) is 4. The maximum absolute atomic E-state index is 11.7. The molecule has 1 aromatic carbocycles. The number of benzene rings is 1. The minimum absolute atomic E-state index is 0.0450. The lowest BCUT2D eigenvalue weighted by Gasteiger charge is -2.18. The Bertz CT molecular complexity index is 552. The number of halogens is 1. The van der Waals surface area contributed by atoms with E-state index in [2.05, 4.69) is 15.6 Å². The number of rotatable bonds is 9. The Morgan fingerprint density at radius 3 is 2.60 bits per heavy atom. The lowest BCUT2D eigenvalue weighted by Crippen LogP contribution is -2.43. The molecule has 0 fully saturated rings. The number of carbonyl (C=O) groups excluding carboxylic acids is 1. The highest BCUT2D eigenvalue weighted by molar-refractivity contribution is 7.98. The Hall–Kier alpha value is -1.60. The fourth-order valence-corrected chi connectivity index (χ4v) is 2.19. The van der Waals surface area contributed by atoms with E-state index >= 15 is 0 Å². The lowest BCUT2D eigenvalue weighted by atomic mass is 10.3. The van der Waals surface area contributed by atoms with Crippen LogP contribution in [0.4, 0.5) is 0 Å². The molecule has 0 aliphatic heterocycles. The standard InChI is InChI=1S/C17H27ClN4O2S/c1-13(24-15-7-5-14(18)6-8-15)11-20-17(19-9-10-25-4)21-12-16(23)22(2)3/h5-8,13H,9-12H2,1-4H3,(H2,19,20,21). The van der Waals surface area contributed by atoms with Crippen molar-refractivity contribution in [2.45, 2.75) is 13.0 Å². The summed E-state index contributed by atoms with van der Waals surface area (Å²) in [4.78, 5) is 17.6. The van der Waals surface area contributed by atoms with Gasteiger partial charge in [-0.15, -0.1) is 0 Å². The summed E-state index contributed by atoms with van der Waals surface area (Å²) in [5, 5.41) is 7.11. The Morgan fingerprint density at radius 1 is 1.32 bits per heavy atom. The molecule has 1 unspecified atom stereocenters. The first-order chi connectivity index (χ1) is 11.9. The molecule has 0 heterocycles. The summed E-state index contributed by atoms with van der Waals surface area (Å²) >= 11 is 7.61. The summed E-state index contributed by atoms with van der Waals surface area (Å²) in [5.41, 5.74) is 0. The quantitative estimate of drug-likeness (QED) is 0.386. The number of amides is 1. The molecule has 0 aliphatic carbocycles. The topological polar surface area (TPSA) is 66.0 Å². The fourth-order valence-electron chi connectivity index (χ4n) is 1.76. The summed E-state index contributed by atoms with van der Waals surface area (Å²) < 4.78 is 5.83. The van der Waals surface area contributed by atoms with E-state index in [4.69, 9.17) is 16.3 Å². The Morgan fingerprint density at radius 2 is 2.00 bits per heavy atom. The van der Waals surface area contributed by atoms with Gasteiger partial charge in [-0.05, 0) is 37.4 Å². The molecule has 0 aromatic heterocycles. The highest BCUT2D eigenvalue weighted by atomic mass is 35.5. The predicted molar refractivity (Wildman–Crippen MR) is 107 cm³/mol. The summed E-state index contributed by atoms with van der Waals surface area (Å²) in [6.07, 6.45) is 1.97. The second kappa shape index (κ2) is 11.9. The van der Waals surface area contributed by atoms with Gasteiger partial charge in [0, 0.05) is 31.4 Å². The van der Waals surface area contributed by atoms with Gasteiger partial charge in [0.1, 0.15) is 18.4 Å². The first-order valence-electron chi connectivity index (χ1n) is 8.06. The molecule has 0 spiro atoms. The number of nitrogens with one attached hydrogen (secondary N) is 2. The maximum atomic E-state index is 11.7. The van der Waals surface area contributed by atoms with Crippen LogP contribution in [0.3, 0.4) is 0 Å². The van der Waals surface area contributed by atoms with Crippen molar-refractivity contribution >= 4 is 35.2 Å². The lowest BCUT2D eigenvalue weighted by molar-refractivity contribution is -0.127. The zero-order valence-electron chi connectivity index (χ0n) is 15.2. The molecule has 0 saturated carbocycles. The van der Waals surface area contributed by atoms with Crippen LogP contribution in [0.2, 0.25) is 5.02 Å². The summed E-state index contributed by atoms with van der Waals surface area (Å²) in [7, 11) is 3.43. The number of ether oxygens (including phenoxy) is 1. The van der Waals surface area contributed by atoms with Crippen molar-refractivity contribution in [1.82, 2.24) is 15.5 Å². The van der Waals surface area contributed by atoms with Crippen molar-refractivity contribution in [2.75, 3.05) is 45.7 Å². The molecule has 6 nitrogen and oxygen atoms in total. The zero-order chi connectivity index (χ0) is 18.7. The van der Waals surface area contributed by atoms with E-state index in [-0.39, 0.29) is 18.6 Å². The van der Waals surface area contributed by atoms with Gasteiger partial charge in [-0.2, -0.15) is 11.8 Å². The van der Waals surface area contributed by atoms with Crippen LogP contribution in [0.25, 0.3) is 0 Å². The van der Waals surface area contributed by atoms with Gasteiger partial charge in [-0.3, -0.25) is 4.79 Å². The fraction of sp³-hybridized carbons (Fsp3) is 0.529. The second-order valence-corrected chi connectivity index (χ2v) is 7.06. The van der Waals surface area contributed by atoms with E-state index < -0.39 is 0 Å². The van der Waals surface area contributed by atoms with Gasteiger partial charge in [-0.1, -0.05) is 11.6 Å². The van der Waals surface area contributed by atoms with E-state index in [0.29, 0.717) is 17.5 Å². The van der Waals surface area contributed by atoms with Crippen LogP contribution in [-0.4, -0.2) is 68.6 Å². The Kier molecular flexibility index (Phi) is 10.2. The normalized spacial score (nSPS) is 12.4. The smallest absolute Gasteiger partial charge is 0.243 e. The minimum atomic E-state index is -0.0710. The zero-order valence-corrected chi connectivity index (χ0v) is 16.8. The molecular weight excluding hydrogens is 360 g/mol. The molecule has 1 aromatic rings. The largest absolute Gasteiger partial charge is 0.489 e. The van der Waals surface area contributed by atoms with E-state index in [1.165, 1.54) is 4.90 Å². The molecule has 0 radical (unpaired) electrons. The number of thioether (sulfide) groups is 1. The third-order valence-electron chi connectivity index (χ3n) is 3.18. The van der Waals surface area contributed by atoms with Gasteiger partial charge in [0.25, 0.3) is 0 Å². The molecule has 140 valence electrons. The maximum Gasteiger partial charge on any atom is 0.243 e. The first-order valence-corrected chi connectivity index (χ1v) is 9.83. The summed E-state index contributed by atoms with van der Waals surface area (Å²) in [6, 6.07) is 7.25.